The second-order valence-corrected chi connectivity index (χ2v) is 4.16. The molecule has 1 atom stereocenters. The van der Waals surface area contributed by atoms with E-state index in [1.165, 1.54) is 0 Å². The topological polar surface area (TPSA) is 65.0 Å². The molecule has 90 valence electrons. The van der Waals surface area contributed by atoms with Gasteiger partial charge in [-0.15, -0.1) is 10.2 Å². The van der Waals surface area contributed by atoms with Crippen LogP contribution in [0.5, 0.6) is 0 Å². The fourth-order valence-corrected chi connectivity index (χ4v) is 1.81. The van der Waals surface area contributed by atoms with Gasteiger partial charge < -0.3 is 8.83 Å². The molecule has 0 amide bonds. The summed E-state index contributed by atoms with van der Waals surface area (Å²) in [6.07, 6.45) is 6.51. The van der Waals surface area contributed by atoms with Crippen LogP contribution in [0.3, 0.4) is 0 Å². The summed E-state index contributed by atoms with van der Waals surface area (Å²) in [6, 6.07) is 5.48. The third-order valence-electron chi connectivity index (χ3n) is 2.46. The summed E-state index contributed by atoms with van der Waals surface area (Å²) in [6.45, 7) is 0. The summed E-state index contributed by atoms with van der Waals surface area (Å²) in [5.41, 5.74) is 1.71. The Morgan fingerprint density at radius 1 is 1.11 bits per heavy atom. The number of nitrogens with zero attached hydrogens (tertiary/aromatic N) is 3. The SMILES string of the molecule is SC(c1ccncc1)c1nnc(-c2ccoc2)o1. The van der Waals surface area contributed by atoms with E-state index < -0.39 is 0 Å². The van der Waals surface area contributed by atoms with Crippen molar-refractivity contribution < 1.29 is 8.83 Å². The first-order chi connectivity index (χ1) is 8.84. The lowest BCUT2D eigenvalue weighted by Gasteiger charge is -2.04. The maximum absolute atomic E-state index is 5.57. The van der Waals surface area contributed by atoms with Crippen LogP contribution >= 0.6 is 12.6 Å². The minimum absolute atomic E-state index is 0.263. The number of pyridine rings is 1. The molecule has 3 rings (SSSR count). The van der Waals surface area contributed by atoms with E-state index in [0.29, 0.717) is 11.8 Å². The lowest BCUT2D eigenvalue weighted by atomic mass is 10.2. The van der Waals surface area contributed by atoms with Gasteiger partial charge in [-0.05, 0) is 23.8 Å². The van der Waals surface area contributed by atoms with Crippen LogP contribution in [0.25, 0.3) is 11.5 Å². The van der Waals surface area contributed by atoms with Crippen molar-refractivity contribution in [3.8, 4) is 11.5 Å². The summed E-state index contributed by atoms with van der Waals surface area (Å²) in [5, 5.41) is 7.69. The van der Waals surface area contributed by atoms with Crippen molar-refractivity contribution in [3.05, 3.63) is 54.6 Å². The predicted octanol–water partition coefficient (Wildman–Crippen LogP) is 2.74. The molecule has 3 aromatic rings. The second kappa shape index (κ2) is 4.66. The van der Waals surface area contributed by atoms with Gasteiger partial charge in [0.25, 0.3) is 5.89 Å². The molecule has 0 bridgehead atoms. The van der Waals surface area contributed by atoms with E-state index in [4.69, 9.17) is 8.83 Å². The Bertz CT molecular complexity index is 622. The summed E-state index contributed by atoms with van der Waals surface area (Å²) < 4.78 is 10.5. The van der Waals surface area contributed by atoms with Crippen LogP contribution in [-0.4, -0.2) is 15.2 Å². The fraction of sp³-hybridized carbons (Fsp3) is 0.0833. The standard InChI is InChI=1S/C12H9N3O2S/c18-10(8-1-4-13-5-2-8)12-15-14-11(17-12)9-3-6-16-7-9/h1-7,10,18H. The predicted molar refractivity (Wildman–Crippen MR) is 67.1 cm³/mol. The van der Waals surface area contributed by atoms with Gasteiger partial charge in [0.2, 0.25) is 5.89 Å². The van der Waals surface area contributed by atoms with E-state index in [1.807, 2.05) is 12.1 Å². The number of aromatic nitrogens is 3. The van der Waals surface area contributed by atoms with Crippen molar-refractivity contribution in [2.24, 2.45) is 0 Å². The summed E-state index contributed by atoms with van der Waals surface area (Å²) in [5.74, 6) is 0.868. The molecule has 3 heterocycles. The highest BCUT2D eigenvalue weighted by Crippen LogP contribution is 2.29. The molecule has 0 saturated carbocycles. The Kier molecular flexibility index (Phi) is 2.85. The van der Waals surface area contributed by atoms with E-state index in [-0.39, 0.29) is 5.25 Å². The maximum atomic E-state index is 5.57. The third-order valence-corrected chi connectivity index (χ3v) is 2.98. The van der Waals surface area contributed by atoms with Gasteiger partial charge in [0, 0.05) is 12.4 Å². The van der Waals surface area contributed by atoms with Crippen LogP contribution in [0.4, 0.5) is 0 Å². The number of hydrogen-bond acceptors (Lipinski definition) is 6. The molecule has 0 fully saturated rings. The van der Waals surface area contributed by atoms with Crippen LogP contribution in [0.1, 0.15) is 16.7 Å². The molecule has 1 unspecified atom stereocenters. The van der Waals surface area contributed by atoms with E-state index in [2.05, 4.69) is 27.8 Å². The van der Waals surface area contributed by atoms with E-state index in [1.54, 1.807) is 31.0 Å². The number of thiol groups is 1. The molecule has 0 aliphatic heterocycles. The average Bonchev–Trinajstić information content (AvgIpc) is 3.09. The van der Waals surface area contributed by atoms with Gasteiger partial charge >= 0.3 is 0 Å². The quantitative estimate of drug-likeness (QED) is 0.733. The molecule has 5 nitrogen and oxygen atoms in total. The Hall–Kier alpha value is -2.08. The molecule has 0 radical (unpaired) electrons. The van der Waals surface area contributed by atoms with Crippen LogP contribution in [-0.2, 0) is 0 Å². The summed E-state index contributed by atoms with van der Waals surface area (Å²) in [7, 11) is 0. The highest BCUT2D eigenvalue weighted by Gasteiger charge is 2.17. The second-order valence-electron chi connectivity index (χ2n) is 3.64. The minimum atomic E-state index is -0.263. The molecule has 0 spiro atoms. The van der Waals surface area contributed by atoms with Gasteiger partial charge in [-0.1, -0.05) is 0 Å². The molecule has 0 aromatic carbocycles. The highest BCUT2D eigenvalue weighted by atomic mass is 32.1. The van der Waals surface area contributed by atoms with Crippen LogP contribution in [0.2, 0.25) is 0 Å². The molecular weight excluding hydrogens is 250 g/mol. The molecule has 18 heavy (non-hydrogen) atoms. The van der Waals surface area contributed by atoms with Crippen LogP contribution in [0.15, 0.2) is 52.0 Å². The molecule has 6 heteroatoms. The Labute approximate surface area is 108 Å². The molecule has 0 aliphatic rings. The largest absolute Gasteiger partial charge is 0.472 e. The lowest BCUT2D eigenvalue weighted by molar-refractivity contribution is 0.513. The normalized spacial score (nSPS) is 12.5. The van der Waals surface area contributed by atoms with Gasteiger partial charge in [-0.25, -0.2) is 0 Å². The van der Waals surface area contributed by atoms with Gasteiger partial charge in [0.1, 0.15) is 11.5 Å². The van der Waals surface area contributed by atoms with Crippen molar-refractivity contribution in [2.75, 3.05) is 0 Å². The zero-order valence-corrected chi connectivity index (χ0v) is 10.1. The van der Waals surface area contributed by atoms with Crippen molar-refractivity contribution in [3.63, 3.8) is 0 Å². The number of hydrogen-bond donors (Lipinski definition) is 1. The van der Waals surface area contributed by atoms with Crippen LogP contribution in [0, 0.1) is 0 Å². The van der Waals surface area contributed by atoms with Gasteiger partial charge in [-0.3, -0.25) is 4.98 Å². The fourth-order valence-electron chi connectivity index (χ4n) is 1.54. The van der Waals surface area contributed by atoms with Crippen molar-refractivity contribution in [1.29, 1.82) is 0 Å². The van der Waals surface area contributed by atoms with Gasteiger partial charge in [0.15, 0.2) is 0 Å². The zero-order valence-electron chi connectivity index (χ0n) is 9.22. The lowest BCUT2D eigenvalue weighted by Crippen LogP contribution is -1.93. The zero-order chi connectivity index (χ0) is 12.4. The Balaban J connectivity index is 1.90. The van der Waals surface area contributed by atoms with Crippen LogP contribution < -0.4 is 0 Å². The first kappa shape index (κ1) is 11.0. The first-order valence-electron chi connectivity index (χ1n) is 5.28. The minimum Gasteiger partial charge on any atom is -0.472 e. The van der Waals surface area contributed by atoms with Crippen molar-refractivity contribution in [1.82, 2.24) is 15.2 Å². The Morgan fingerprint density at radius 2 is 1.94 bits per heavy atom. The average molecular weight is 259 g/mol. The van der Waals surface area contributed by atoms with Crippen molar-refractivity contribution >= 4 is 12.6 Å². The smallest absolute Gasteiger partial charge is 0.251 e. The molecule has 0 aliphatic carbocycles. The number of rotatable bonds is 3. The van der Waals surface area contributed by atoms with Gasteiger partial charge in [0.05, 0.1) is 11.8 Å². The monoisotopic (exact) mass is 259 g/mol. The third kappa shape index (κ3) is 2.02. The van der Waals surface area contributed by atoms with E-state index in [0.717, 1.165) is 11.1 Å². The highest BCUT2D eigenvalue weighted by molar-refractivity contribution is 7.80. The van der Waals surface area contributed by atoms with E-state index >= 15 is 0 Å². The molecule has 0 N–H and O–H groups in total. The number of furan rings is 1. The molecule has 3 aromatic heterocycles. The summed E-state index contributed by atoms with van der Waals surface area (Å²) in [4.78, 5) is 3.95. The Morgan fingerprint density at radius 3 is 2.67 bits per heavy atom. The summed E-state index contributed by atoms with van der Waals surface area (Å²) >= 11 is 4.47. The van der Waals surface area contributed by atoms with E-state index in [9.17, 15) is 0 Å². The molecule has 0 saturated heterocycles. The van der Waals surface area contributed by atoms with Gasteiger partial charge in [-0.2, -0.15) is 12.6 Å². The van der Waals surface area contributed by atoms with Crippen molar-refractivity contribution in [2.45, 2.75) is 5.25 Å². The maximum Gasteiger partial charge on any atom is 0.251 e. The first-order valence-corrected chi connectivity index (χ1v) is 5.80. The molecular formula is C12H9N3O2S.